The largest absolute Gasteiger partial charge is 0.383 e. The normalized spacial score (nSPS) is 19.2. The Kier molecular flexibility index (Phi) is 4.74. The molecule has 0 heterocycles. The molecule has 13 heavy (non-hydrogen) atoms. The van der Waals surface area contributed by atoms with Crippen molar-refractivity contribution in [2.75, 3.05) is 20.3 Å². The van der Waals surface area contributed by atoms with Crippen molar-refractivity contribution in [3.8, 4) is 0 Å². The van der Waals surface area contributed by atoms with Gasteiger partial charge in [0, 0.05) is 25.7 Å². The lowest BCUT2D eigenvalue weighted by Gasteiger charge is -2.32. The highest BCUT2D eigenvalue weighted by atomic mass is 16.5. The molecule has 0 aliphatic heterocycles. The lowest BCUT2D eigenvalue weighted by Crippen LogP contribution is -2.40. The highest BCUT2D eigenvalue weighted by Crippen LogP contribution is 2.24. The van der Waals surface area contributed by atoms with Gasteiger partial charge in [-0.3, -0.25) is 4.90 Å². The molecule has 2 nitrogen and oxygen atoms in total. The summed E-state index contributed by atoms with van der Waals surface area (Å²) in [6.45, 7) is 6.54. The molecule has 0 radical (unpaired) electrons. The summed E-state index contributed by atoms with van der Waals surface area (Å²) in [6.07, 6.45) is 5.62. The van der Waals surface area contributed by atoms with E-state index in [0.29, 0.717) is 6.04 Å². The van der Waals surface area contributed by atoms with Gasteiger partial charge in [-0.15, -0.1) is 0 Å². The van der Waals surface area contributed by atoms with E-state index in [-0.39, 0.29) is 0 Å². The number of ether oxygens (including phenoxy) is 1. The number of nitrogens with zero attached hydrogens (tertiary/aromatic N) is 1. The maximum atomic E-state index is 5.14. The molecule has 0 aromatic heterocycles. The summed E-state index contributed by atoms with van der Waals surface area (Å²) in [6, 6.07) is 1.49. The first-order valence-electron chi connectivity index (χ1n) is 5.50. The van der Waals surface area contributed by atoms with Crippen molar-refractivity contribution in [2.24, 2.45) is 0 Å². The molecular weight excluding hydrogens is 162 g/mol. The van der Waals surface area contributed by atoms with E-state index in [1.165, 1.54) is 25.7 Å². The minimum absolute atomic E-state index is 0.665. The van der Waals surface area contributed by atoms with Crippen LogP contribution in [-0.4, -0.2) is 37.2 Å². The van der Waals surface area contributed by atoms with Crippen LogP contribution in [0.3, 0.4) is 0 Å². The first-order chi connectivity index (χ1) is 6.25. The number of rotatable bonds is 5. The Labute approximate surface area is 82.3 Å². The second-order valence-electron chi connectivity index (χ2n) is 4.26. The zero-order chi connectivity index (χ0) is 9.68. The van der Waals surface area contributed by atoms with Crippen molar-refractivity contribution in [3.05, 3.63) is 0 Å². The zero-order valence-electron chi connectivity index (χ0n) is 9.25. The van der Waals surface area contributed by atoms with E-state index in [2.05, 4.69) is 18.7 Å². The monoisotopic (exact) mass is 185 g/mol. The van der Waals surface area contributed by atoms with Crippen molar-refractivity contribution in [1.82, 2.24) is 4.90 Å². The fourth-order valence-electron chi connectivity index (χ4n) is 2.30. The Balaban J connectivity index is 2.36. The number of hydrogen-bond acceptors (Lipinski definition) is 2. The first-order valence-corrected chi connectivity index (χ1v) is 5.50. The molecule has 0 atom stereocenters. The molecule has 1 saturated carbocycles. The van der Waals surface area contributed by atoms with Crippen LogP contribution in [0.4, 0.5) is 0 Å². The van der Waals surface area contributed by atoms with Gasteiger partial charge in [0.05, 0.1) is 6.61 Å². The van der Waals surface area contributed by atoms with Gasteiger partial charge < -0.3 is 4.74 Å². The third-order valence-corrected chi connectivity index (χ3v) is 3.01. The summed E-state index contributed by atoms with van der Waals surface area (Å²) in [7, 11) is 1.78. The van der Waals surface area contributed by atoms with Crippen LogP contribution in [0.25, 0.3) is 0 Å². The summed E-state index contributed by atoms with van der Waals surface area (Å²) < 4.78 is 5.14. The Morgan fingerprint density at radius 3 is 2.38 bits per heavy atom. The van der Waals surface area contributed by atoms with Crippen molar-refractivity contribution in [1.29, 1.82) is 0 Å². The van der Waals surface area contributed by atoms with Crippen LogP contribution < -0.4 is 0 Å². The zero-order valence-corrected chi connectivity index (χ0v) is 9.25. The molecule has 1 fully saturated rings. The molecule has 0 spiro atoms. The Hall–Kier alpha value is -0.0800. The molecular formula is C11H23NO. The van der Waals surface area contributed by atoms with Gasteiger partial charge in [0.25, 0.3) is 0 Å². The second-order valence-corrected chi connectivity index (χ2v) is 4.26. The fraction of sp³-hybridized carbons (Fsp3) is 1.00. The molecule has 0 aromatic carbocycles. The molecule has 1 aliphatic carbocycles. The minimum atomic E-state index is 0.665. The smallest absolute Gasteiger partial charge is 0.0589 e. The Morgan fingerprint density at radius 2 is 1.92 bits per heavy atom. The summed E-state index contributed by atoms with van der Waals surface area (Å²) in [5.74, 6) is 0. The van der Waals surface area contributed by atoms with Crippen molar-refractivity contribution in [2.45, 2.75) is 51.6 Å². The lowest BCUT2D eigenvalue weighted by molar-refractivity contribution is 0.0974. The maximum Gasteiger partial charge on any atom is 0.0589 e. The van der Waals surface area contributed by atoms with Crippen LogP contribution in [-0.2, 0) is 4.74 Å². The Bertz CT molecular complexity index is 130. The van der Waals surface area contributed by atoms with Gasteiger partial charge in [-0.1, -0.05) is 12.8 Å². The van der Waals surface area contributed by atoms with E-state index in [9.17, 15) is 0 Å². The van der Waals surface area contributed by atoms with E-state index in [4.69, 9.17) is 4.74 Å². The molecule has 0 amide bonds. The van der Waals surface area contributed by atoms with Gasteiger partial charge in [0.1, 0.15) is 0 Å². The average molecular weight is 185 g/mol. The molecule has 78 valence electrons. The van der Waals surface area contributed by atoms with Gasteiger partial charge in [0.15, 0.2) is 0 Å². The fourth-order valence-corrected chi connectivity index (χ4v) is 2.30. The third-order valence-electron chi connectivity index (χ3n) is 3.01. The third kappa shape index (κ3) is 3.28. The van der Waals surface area contributed by atoms with E-state index >= 15 is 0 Å². The minimum Gasteiger partial charge on any atom is -0.383 e. The van der Waals surface area contributed by atoms with Gasteiger partial charge in [-0.05, 0) is 26.7 Å². The van der Waals surface area contributed by atoms with E-state index in [1.54, 1.807) is 7.11 Å². The number of methoxy groups -OCH3 is 1. The number of hydrogen-bond donors (Lipinski definition) is 0. The van der Waals surface area contributed by atoms with Crippen LogP contribution in [0.2, 0.25) is 0 Å². The van der Waals surface area contributed by atoms with Crippen LogP contribution in [0.15, 0.2) is 0 Å². The van der Waals surface area contributed by atoms with Crippen molar-refractivity contribution < 1.29 is 4.74 Å². The molecule has 0 N–H and O–H groups in total. The van der Waals surface area contributed by atoms with Crippen molar-refractivity contribution >= 4 is 0 Å². The van der Waals surface area contributed by atoms with Crippen LogP contribution >= 0.6 is 0 Å². The van der Waals surface area contributed by atoms with E-state index in [0.717, 1.165) is 19.2 Å². The van der Waals surface area contributed by atoms with Gasteiger partial charge >= 0.3 is 0 Å². The highest BCUT2D eigenvalue weighted by Gasteiger charge is 2.23. The van der Waals surface area contributed by atoms with Crippen LogP contribution in [0.1, 0.15) is 39.5 Å². The predicted octanol–water partition coefficient (Wildman–Crippen LogP) is 2.29. The van der Waals surface area contributed by atoms with Gasteiger partial charge in [0.2, 0.25) is 0 Å². The molecule has 1 rings (SSSR count). The van der Waals surface area contributed by atoms with Crippen LogP contribution in [0.5, 0.6) is 0 Å². The highest BCUT2D eigenvalue weighted by molar-refractivity contribution is 4.79. The quantitative estimate of drug-likeness (QED) is 0.651. The van der Waals surface area contributed by atoms with Crippen LogP contribution in [0, 0.1) is 0 Å². The molecule has 2 heteroatoms. The first kappa shape index (κ1) is 11.0. The average Bonchev–Trinajstić information content (AvgIpc) is 2.57. The topological polar surface area (TPSA) is 12.5 Å². The van der Waals surface area contributed by atoms with Crippen molar-refractivity contribution in [3.63, 3.8) is 0 Å². The summed E-state index contributed by atoms with van der Waals surface area (Å²) >= 11 is 0. The summed E-state index contributed by atoms with van der Waals surface area (Å²) in [4.78, 5) is 2.59. The predicted molar refractivity (Wildman–Crippen MR) is 56.0 cm³/mol. The standard InChI is InChI=1S/C11H23NO/c1-10(2)12(8-9-13-3)11-6-4-5-7-11/h10-11H,4-9H2,1-3H3. The summed E-state index contributed by atoms with van der Waals surface area (Å²) in [5, 5.41) is 0. The van der Waals surface area contributed by atoms with Gasteiger partial charge in [-0.2, -0.15) is 0 Å². The molecule has 1 aliphatic rings. The van der Waals surface area contributed by atoms with E-state index in [1.807, 2.05) is 0 Å². The van der Waals surface area contributed by atoms with E-state index < -0.39 is 0 Å². The molecule has 0 saturated heterocycles. The molecule has 0 bridgehead atoms. The summed E-state index contributed by atoms with van der Waals surface area (Å²) in [5.41, 5.74) is 0. The lowest BCUT2D eigenvalue weighted by atomic mass is 10.1. The SMILES string of the molecule is COCCN(C(C)C)C1CCCC1. The second kappa shape index (κ2) is 5.61. The molecule has 0 aromatic rings. The maximum absolute atomic E-state index is 5.14. The molecule has 0 unspecified atom stereocenters. The Morgan fingerprint density at radius 1 is 1.31 bits per heavy atom. The van der Waals surface area contributed by atoms with Gasteiger partial charge in [-0.25, -0.2) is 0 Å².